The van der Waals surface area contributed by atoms with Crippen LogP contribution in [-0.2, 0) is 6.54 Å². The van der Waals surface area contributed by atoms with E-state index in [9.17, 15) is 9.59 Å². The summed E-state index contributed by atoms with van der Waals surface area (Å²) in [6, 6.07) is 13.0. The quantitative estimate of drug-likeness (QED) is 0.313. The van der Waals surface area contributed by atoms with E-state index in [1.54, 1.807) is 42.5 Å². The van der Waals surface area contributed by atoms with Gasteiger partial charge in [0.1, 0.15) is 23.9 Å². The van der Waals surface area contributed by atoms with Crippen molar-refractivity contribution in [3.8, 4) is 17.2 Å². The SMILES string of the molecule is CNCCOc1cc(Cl)c(C)cc1NC(=O)NCc1ccc(Oc2ccnc(C(=O)O)c2)cc1. The maximum atomic E-state index is 12.5. The summed E-state index contributed by atoms with van der Waals surface area (Å²) in [7, 11) is 1.82. The Balaban J connectivity index is 1.57. The van der Waals surface area contributed by atoms with Gasteiger partial charge in [-0.3, -0.25) is 0 Å². The predicted octanol–water partition coefficient (Wildman–Crippen LogP) is 4.45. The number of carbonyl (C=O) groups excluding carboxylic acids is 1. The molecule has 0 aliphatic rings. The normalized spacial score (nSPS) is 10.4. The van der Waals surface area contributed by atoms with Crippen molar-refractivity contribution in [1.82, 2.24) is 15.6 Å². The lowest BCUT2D eigenvalue weighted by atomic mass is 10.2. The highest BCUT2D eigenvalue weighted by Gasteiger charge is 2.11. The molecule has 0 unspecified atom stereocenters. The first-order chi connectivity index (χ1) is 16.4. The molecule has 1 heterocycles. The number of aromatic nitrogens is 1. The Morgan fingerprint density at radius 1 is 1.09 bits per heavy atom. The van der Waals surface area contributed by atoms with Gasteiger partial charge < -0.3 is 30.5 Å². The van der Waals surface area contributed by atoms with Gasteiger partial charge >= 0.3 is 12.0 Å². The number of ether oxygens (including phenoxy) is 2. The van der Waals surface area contributed by atoms with Crippen molar-refractivity contribution in [2.24, 2.45) is 0 Å². The van der Waals surface area contributed by atoms with E-state index in [0.29, 0.717) is 41.1 Å². The fourth-order valence-electron chi connectivity index (χ4n) is 2.90. The Hall–Kier alpha value is -3.82. The molecule has 0 saturated carbocycles. The standard InChI is InChI=1S/C24H25ClN4O5/c1-15-11-20(22(13-19(15)25)33-10-9-26-2)29-24(32)28-14-16-3-5-17(6-4-16)34-18-7-8-27-21(12-18)23(30)31/h3-8,11-13,26H,9-10,14H2,1-2H3,(H,30,31)(H2,28,29,32). The number of carboxylic acids is 1. The number of nitrogens with zero attached hydrogens (tertiary/aromatic N) is 1. The monoisotopic (exact) mass is 484 g/mol. The van der Waals surface area contributed by atoms with Gasteiger partial charge in [-0.05, 0) is 49.4 Å². The minimum atomic E-state index is -1.13. The average molecular weight is 485 g/mol. The van der Waals surface area contributed by atoms with Gasteiger partial charge in [0.15, 0.2) is 5.69 Å². The maximum absolute atomic E-state index is 12.5. The molecule has 10 heteroatoms. The minimum absolute atomic E-state index is 0.101. The molecule has 34 heavy (non-hydrogen) atoms. The number of urea groups is 1. The van der Waals surface area contributed by atoms with Crippen molar-refractivity contribution in [2.75, 3.05) is 25.5 Å². The molecule has 2 amide bonds. The van der Waals surface area contributed by atoms with Gasteiger partial charge in [0.05, 0.1) is 5.69 Å². The first kappa shape index (κ1) is 24.8. The van der Waals surface area contributed by atoms with E-state index < -0.39 is 12.0 Å². The minimum Gasteiger partial charge on any atom is -0.490 e. The number of aryl methyl sites for hydroxylation is 1. The van der Waals surface area contributed by atoms with Gasteiger partial charge in [-0.1, -0.05) is 23.7 Å². The first-order valence-corrected chi connectivity index (χ1v) is 10.8. The third kappa shape index (κ3) is 7.09. The summed E-state index contributed by atoms with van der Waals surface area (Å²) >= 11 is 6.20. The van der Waals surface area contributed by atoms with Crippen LogP contribution in [0.15, 0.2) is 54.7 Å². The zero-order valence-corrected chi connectivity index (χ0v) is 19.5. The summed E-state index contributed by atoms with van der Waals surface area (Å²) in [6.45, 7) is 3.21. The Bertz CT molecular complexity index is 1150. The van der Waals surface area contributed by atoms with Crippen LogP contribution in [0.4, 0.5) is 10.5 Å². The van der Waals surface area contributed by atoms with Gasteiger partial charge in [-0.15, -0.1) is 0 Å². The zero-order chi connectivity index (χ0) is 24.5. The number of carboxylic acid groups (broad SMARTS) is 1. The second-order valence-corrected chi connectivity index (χ2v) is 7.69. The van der Waals surface area contributed by atoms with E-state index in [-0.39, 0.29) is 12.2 Å². The third-order valence-corrected chi connectivity index (χ3v) is 5.09. The number of benzene rings is 2. The topological polar surface area (TPSA) is 122 Å². The zero-order valence-electron chi connectivity index (χ0n) is 18.7. The molecule has 0 atom stereocenters. The molecule has 0 spiro atoms. The Morgan fingerprint density at radius 3 is 2.56 bits per heavy atom. The van der Waals surface area contributed by atoms with E-state index in [1.165, 1.54) is 12.3 Å². The largest absolute Gasteiger partial charge is 0.490 e. The van der Waals surface area contributed by atoms with Crippen molar-refractivity contribution in [3.63, 3.8) is 0 Å². The molecule has 3 aromatic rings. The average Bonchev–Trinajstić information content (AvgIpc) is 2.82. The smallest absolute Gasteiger partial charge is 0.354 e. The first-order valence-electron chi connectivity index (χ1n) is 10.4. The molecule has 4 N–H and O–H groups in total. The number of hydrogen-bond acceptors (Lipinski definition) is 6. The van der Waals surface area contributed by atoms with E-state index in [4.69, 9.17) is 26.2 Å². The van der Waals surface area contributed by atoms with Crippen LogP contribution in [0, 0.1) is 6.92 Å². The lowest BCUT2D eigenvalue weighted by Crippen LogP contribution is -2.28. The lowest BCUT2D eigenvalue weighted by molar-refractivity contribution is 0.0690. The second-order valence-electron chi connectivity index (χ2n) is 7.29. The Morgan fingerprint density at radius 2 is 1.85 bits per heavy atom. The van der Waals surface area contributed by atoms with Crippen LogP contribution < -0.4 is 25.4 Å². The molecule has 2 aromatic carbocycles. The number of rotatable bonds is 10. The molecular formula is C24H25ClN4O5. The van der Waals surface area contributed by atoms with Crippen molar-refractivity contribution >= 4 is 29.3 Å². The number of aromatic carboxylic acids is 1. The predicted molar refractivity (Wildman–Crippen MR) is 129 cm³/mol. The Labute approximate surface area is 202 Å². The third-order valence-electron chi connectivity index (χ3n) is 4.68. The van der Waals surface area contributed by atoms with Crippen LogP contribution in [-0.4, -0.2) is 42.3 Å². The van der Waals surface area contributed by atoms with Gasteiger partial charge in [0.2, 0.25) is 0 Å². The number of pyridine rings is 1. The summed E-state index contributed by atoms with van der Waals surface area (Å²) in [6.07, 6.45) is 1.37. The number of likely N-dealkylation sites (N-methyl/N-ethyl adjacent to an activating group) is 1. The summed E-state index contributed by atoms with van der Waals surface area (Å²) in [5.74, 6) is 0.250. The fraction of sp³-hybridized carbons (Fsp3) is 0.208. The molecule has 1 aromatic heterocycles. The molecule has 9 nitrogen and oxygen atoms in total. The molecule has 3 rings (SSSR count). The number of nitrogens with one attached hydrogen (secondary N) is 3. The number of carbonyl (C=O) groups is 2. The van der Waals surface area contributed by atoms with Gasteiger partial charge in [0.25, 0.3) is 0 Å². The van der Waals surface area contributed by atoms with E-state index >= 15 is 0 Å². The number of anilines is 1. The molecular weight excluding hydrogens is 460 g/mol. The molecule has 0 aliphatic heterocycles. The highest BCUT2D eigenvalue weighted by Crippen LogP contribution is 2.31. The summed E-state index contributed by atoms with van der Waals surface area (Å²) in [5, 5.41) is 18.2. The molecule has 0 radical (unpaired) electrons. The van der Waals surface area contributed by atoms with Crippen LogP contribution in [0.2, 0.25) is 5.02 Å². The summed E-state index contributed by atoms with van der Waals surface area (Å²) in [5.41, 5.74) is 2.09. The molecule has 178 valence electrons. The van der Waals surface area contributed by atoms with E-state index in [1.807, 2.05) is 14.0 Å². The molecule has 0 aliphatic carbocycles. The second kappa shape index (κ2) is 11.9. The fourth-order valence-corrected chi connectivity index (χ4v) is 3.05. The lowest BCUT2D eigenvalue weighted by Gasteiger charge is -2.15. The number of hydrogen-bond donors (Lipinski definition) is 4. The van der Waals surface area contributed by atoms with Crippen molar-refractivity contribution in [1.29, 1.82) is 0 Å². The van der Waals surface area contributed by atoms with Gasteiger partial charge in [0, 0.05) is 36.4 Å². The maximum Gasteiger partial charge on any atom is 0.354 e. The van der Waals surface area contributed by atoms with Crippen molar-refractivity contribution < 1.29 is 24.2 Å². The van der Waals surface area contributed by atoms with Crippen LogP contribution in [0.3, 0.4) is 0 Å². The van der Waals surface area contributed by atoms with Gasteiger partial charge in [-0.2, -0.15) is 0 Å². The summed E-state index contributed by atoms with van der Waals surface area (Å²) in [4.78, 5) is 27.2. The molecule has 0 fully saturated rings. The highest BCUT2D eigenvalue weighted by molar-refractivity contribution is 6.31. The van der Waals surface area contributed by atoms with Crippen molar-refractivity contribution in [3.05, 3.63) is 76.6 Å². The van der Waals surface area contributed by atoms with Crippen LogP contribution >= 0.6 is 11.6 Å². The number of amides is 2. The van der Waals surface area contributed by atoms with Crippen LogP contribution in [0.25, 0.3) is 0 Å². The van der Waals surface area contributed by atoms with E-state index in [2.05, 4.69) is 20.9 Å². The van der Waals surface area contributed by atoms with E-state index in [0.717, 1.165) is 11.1 Å². The molecule has 0 bridgehead atoms. The van der Waals surface area contributed by atoms with Gasteiger partial charge in [-0.25, -0.2) is 14.6 Å². The van der Waals surface area contributed by atoms with Crippen LogP contribution in [0.5, 0.6) is 17.2 Å². The summed E-state index contributed by atoms with van der Waals surface area (Å²) < 4.78 is 11.4. The van der Waals surface area contributed by atoms with Crippen LogP contribution in [0.1, 0.15) is 21.6 Å². The van der Waals surface area contributed by atoms with Crippen molar-refractivity contribution in [2.45, 2.75) is 13.5 Å². The highest BCUT2D eigenvalue weighted by atomic mass is 35.5. The Kier molecular flexibility index (Phi) is 8.66. The number of halogens is 1. The molecule has 0 saturated heterocycles.